The summed E-state index contributed by atoms with van der Waals surface area (Å²) in [6.45, 7) is 4.00. The largest absolute Gasteiger partial charge is 0.366 e. The fourth-order valence-electron chi connectivity index (χ4n) is 1.29. The molecule has 0 amide bonds. The van der Waals surface area contributed by atoms with Crippen LogP contribution in [0, 0.1) is 0 Å². The van der Waals surface area contributed by atoms with Crippen molar-refractivity contribution >= 4 is 0 Å². The van der Waals surface area contributed by atoms with Gasteiger partial charge >= 0.3 is 0 Å². The molecule has 1 aliphatic carbocycles. The van der Waals surface area contributed by atoms with Crippen LogP contribution in [0.15, 0.2) is 0 Å². The van der Waals surface area contributed by atoms with Gasteiger partial charge in [-0.3, -0.25) is 0 Å². The molecule has 2 heteroatoms. The first kappa shape index (κ1) is 10.9. The molecule has 0 unspecified atom stereocenters. The highest BCUT2D eigenvalue weighted by Gasteiger charge is 2.23. The fraction of sp³-hybridized carbons (Fsp3) is 1.00. The van der Waals surface area contributed by atoms with Crippen LogP contribution in [0.2, 0.25) is 0 Å². The number of hydrogen-bond acceptors (Lipinski definition) is 2. The van der Waals surface area contributed by atoms with Crippen LogP contribution in [0.25, 0.3) is 0 Å². The van der Waals surface area contributed by atoms with Crippen molar-refractivity contribution in [1.82, 2.24) is 0 Å². The van der Waals surface area contributed by atoms with Crippen LogP contribution in [0.3, 0.4) is 0 Å². The summed E-state index contributed by atoms with van der Waals surface area (Å²) in [5.74, 6) is -1.34. The van der Waals surface area contributed by atoms with Crippen LogP contribution in [0.4, 0.5) is 0 Å². The van der Waals surface area contributed by atoms with Crippen molar-refractivity contribution < 1.29 is 10.2 Å². The zero-order valence-electron chi connectivity index (χ0n) is 7.64. The van der Waals surface area contributed by atoms with Crippen LogP contribution < -0.4 is 0 Å². The standard InChI is InChI=1S/C7H14O2.C2H6/c8-7(9)5-3-1-2-4-6-7;1-2/h8-9H,1-6H2;1-2H3. The Labute approximate surface area is 69.2 Å². The minimum Gasteiger partial charge on any atom is -0.366 e. The number of hydrogen-bond donors (Lipinski definition) is 2. The van der Waals surface area contributed by atoms with Crippen LogP contribution in [0.1, 0.15) is 52.4 Å². The lowest BCUT2D eigenvalue weighted by Crippen LogP contribution is -2.26. The molecular weight excluding hydrogens is 140 g/mol. The van der Waals surface area contributed by atoms with E-state index in [9.17, 15) is 0 Å². The lowest BCUT2D eigenvalue weighted by molar-refractivity contribution is -0.168. The SMILES string of the molecule is CC.OC1(O)CCCCCC1. The molecule has 0 atom stereocenters. The maximum atomic E-state index is 9.11. The lowest BCUT2D eigenvalue weighted by atomic mass is 10.1. The summed E-state index contributed by atoms with van der Waals surface area (Å²) >= 11 is 0. The van der Waals surface area contributed by atoms with Crippen molar-refractivity contribution in [2.75, 3.05) is 0 Å². The lowest BCUT2D eigenvalue weighted by Gasteiger charge is -2.17. The second-order valence-electron chi connectivity index (χ2n) is 2.90. The van der Waals surface area contributed by atoms with Crippen molar-refractivity contribution in [2.24, 2.45) is 0 Å². The Morgan fingerprint density at radius 2 is 1.18 bits per heavy atom. The summed E-state index contributed by atoms with van der Waals surface area (Å²) in [5.41, 5.74) is 0. The molecule has 2 N–H and O–H groups in total. The second-order valence-corrected chi connectivity index (χ2v) is 2.90. The van der Waals surface area contributed by atoms with E-state index >= 15 is 0 Å². The summed E-state index contributed by atoms with van der Waals surface area (Å²) in [4.78, 5) is 0. The molecule has 0 aliphatic heterocycles. The van der Waals surface area contributed by atoms with E-state index in [1.807, 2.05) is 13.8 Å². The summed E-state index contributed by atoms with van der Waals surface area (Å²) in [6, 6.07) is 0. The van der Waals surface area contributed by atoms with Gasteiger partial charge in [0.25, 0.3) is 0 Å². The molecule has 1 fully saturated rings. The molecular formula is C9H20O2. The Kier molecular flexibility index (Phi) is 5.51. The van der Waals surface area contributed by atoms with E-state index in [0.29, 0.717) is 12.8 Å². The molecule has 1 aliphatic rings. The minimum absolute atomic E-state index is 0.562. The van der Waals surface area contributed by atoms with Crippen molar-refractivity contribution in [3.8, 4) is 0 Å². The summed E-state index contributed by atoms with van der Waals surface area (Å²) in [6.07, 6.45) is 5.37. The van der Waals surface area contributed by atoms with E-state index in [-0.39, 0.29) is 0 Å². The highest BCUT2D eigenvalue weighted by atomic mass is 16.5. The highest BCUT2D eigenvalue weighted by molar-refractivity contribution is 4.68. The highest BCUT2D eigenvalue weighted by Crippen LogP contribution is 2.23. The van der Waals surface area contributed by atoms with Gasteiger partial charge in [-0.2, -0.15) is 0 Å². The third kappa shape index (κ3) is 5.22. The quantitative estimate of drug-likeness (QED) is 0.420. The van der Waals surface area contributed by atoms with Crippen LogP contribution in [-0.4, -0.2) is 16.0 Å². The summed E-state index contributed by atoms with van der Waals surface area (Å²) in [7, 11) is 0. The summed E-state index contributed by atoms with van der Waals surface area (Å²) < 4.78 is 0. The van der Waals surface area contributed by atoms with Gasteiger partial charge in [0.15, 0.2) is 5.79 Å². The van der Waals surface area contributed by atoms with E-state index < -0.39 is 5.79 Å². The molecule has 0 bridgehead atoms. The molecule has 0 radical (unpaired) electrons. The van der Waals surface area contributed by atoms with Gasteiger partial charge < -0.3 is 10.2 Å². The zero-order valence-corrected chi connectivity index (χ0v) is 7.64. The van der Waals surface area contributed by atoms with E-state index in [1.165, 1.54) is 0 Å². The van der Waals surface area contributed by atoms with Crippen molar-refractivity contribution in [3.05, 3.63) is 0 Å². The molecule has 0 aromatic carbocycles. The molecule has 2 nitrogen and oxygen atoms in total. The monoisotopic (exact) mass is 160 g/mol. The van der Waals surface area contributed by atoms with Gasteiger partial charge in [0, 0.05) is 12.8 Å². The van der Waals surface area contributed by atoms with Crippen molar-refractivity contribution in [3.63, 3.8) is 0 Å². The van der Waals surface area contributed by atoms with Gasteiger partial charge in [-0.05, 0) is 12.8 Å². The van der Waals surface area contributed by atoms with E-state index in [4.69, 9.17) is 10.2 Å². The Hall–Kier alpha value is -0.0800. The number of rotatable bonds is 0. The Morgan fingerprint density at radius 3 is 1.55 bits per heavy atom. The molecule has 0 spiro atoms. The van der Waals surface area contributed by atoms with Gasteiger partial charge in [0.2, 0.25) is 0 Å². The molecule has 68 valence electrons. The Balaban J connectivity index is 0.000000461. The average Bonchev–Trinajstić information content (AvgIpc) is 2.17. The van der Waals surface area contributed by atoms with E-state index in [1.54, 1.807) is 0 Å². The first-order valence-electron chi connectivity index (χ1n) is 4.65. The van der Waals surface area contributed by atoms with Gasteiger partial charge in [-0.15, -0.1) is 0 Å². The second kappa shape index (κ2) is 5.56. The first-order chi connectivity index (χ1) is 5.21. The van der Waals surface area contributed by atoms with Crippen molar-refractivity contribution in [1.29, 1.82) is 0 Å². The minimum atomic E-state index is -1.34. The molecule has 11 heavy (non-hydrogen) atoms. The molecule has 0 saturated heterocycles. The van der Waals surface area contributed by atoms with Crippen molar-refractivity contribution in [2.45, 2.75) is 58.2 Å². The smallest absolute Gasteiger partial charge is 0.162 e. The Morgan fingerprint density at radius 1 is 0.818 bits per heavy atom. The fourth-order valence-corrected chi connectivity index (χ4v) is 1.29. The maximum absolute atomic E-state index is 9.11. The topological polar surface area (TPSA) is 40.5 Å². The third-order valence-electron chi connectivity index (χ3n) is 1.90. The molecule has 1 rings (SSSR count). The molecule has 0 aromatic heterocycles. The third-order valence-corrected chi connectivity index (χ3v) is 1.90. The predicted octanol–water partition coefficient (Wildman–Crippen LogP) is 2.05. The van der Waals surface area contributed by atoms with Crippen LogP contribution >= 0.6 is 0 Å². The predicted molar refractivity (Wildman–Crippen MR) is 46.2 cm³/mol. The number of aliphatic hydroxyl groups is 2. The molecule has 1 saturated carbocycles. The Bertz CT molecular complexity index is 79.6. The zero-order chi connectivity index (χ0) is 8.74. The van der Waals surface area contributed by atoms with Gasteiger partial charge in [-0.1, -0.05) is 26.7 Å². The first-order valence-corrected chi connectivity index (χ1v) is 4.65. The van der Waals surface area contributed by atoms with Gasteiger partial charge in [0.05, 0.1) is 0 Å². The normalized spacial score (nSPS) is 22.9. The molecule has 0 aromatic rings. The molecule has 0 heterocycles. The van der Waals surface area contributed by atoms with Gasteiger partial charge in [-0.25, -0.2) is 0 Å². The van der Waals surface area contributed by atoms with Crippen LogP contribution in [0.5, 0.6) is 0 Å². The van der Waals surface area contributed by atoms with Gasteiger partial charge in [0.1, 0.15) is 0 Å². The van der Waals surface area contributed by atoms with E-state index in [2.05, 4.69) is 0 Å². The van der Waals surface area contributed by atoms with E-state index in [0.717, 1.165) is 25.7 Å². The van der Waals surface area contributed by atoms with Crippen LogP contribution in [-0.2, 0) is 0 Å². The maximum Gasteiger partial charge on any atom is 0.162 e. The average molecular weight is 160 g/mol. The summed E-state index contributed by atoms with van der Waals surface area (Å²) in [5, 5.41) is 18.2.